The van der Waals surface area contributed by atoms with Gasteiger partial charge in [-0.15, -0.1) is 0 Å². The molecule has 1 unspecified atom stereocenters. The third kappa shape index (κ3) is 4.27. The van der Waals surface area contributed by atoms with Crippen LogP contribution < -0.4 is 10.6 Å². The van der Waals surface area contributed by atoms with Crippen molar-refractivity contribution in [1.29, 1.82) is 0 Å². The standard InChI is InChI=1S/C27H30N2O5/c1-15(10-25(30)31)28-26(32)17-11-16-13-24(22(16)12-17)29-27(33)34-14-23-20-8-4-2-6-18(20)19-7-3-5-9-21(19)23/h2-9,15-17,22-24H,10-14H2,1H3,(H,28,32)(H,29,33)(H,30,31)/t15-,16-,17?,22-,24+/m0/s1. The van der Waals surface area contributed by atoms with Crippen molar-refractivity contribution in [3.8, 4) is 11.1 Å². The van der Waals surface area contributed by atoms with Gasteiger partial charge in [0.25, 0.3) is 0 Å². The molecule has 7 heteroatoms. The van der Waals surface area contributed by atoms with Gasteiger partial charge in [0.15, 0.2) is 0 Å². The van der Waals surface area contributed by atoms with Crippen LogP contribution in [0.1, 0.15) is 49.7 Å². The molecular weight excluding hydrogens is 432 g/mol. The molecule has 178 valence electrons. The van der Waals surface area contributed by atoms with Crippen LogP contribution in [-0.2, 0) is 14.3 Å². The summed E-state index contributed by atoms with van der Waals surface area (Å²) in [7, 11) is 0. The highest BCUT2D eigenvalue weighted by Gasteiger charge is 2.50. The molecule has 2 amide bonds. The summed E-state index contributed by atoms with van der Waals surface area (Å²) in [5.74, 6) is -0.412. The number of nitrogens with one attached hydrogen (secondary N) is 2. The number of carboxylic acid groups (broad SMARTS) is 1. The van der Waals surface area contributed by atoms with Gasteiger partial charge in [-0.05, 0) is 60.3 Å². The van der Waals surface area contributed by atoms with Gasteiger partial charge in [-0.2, -0.15) is 0 Å². The van der Waals surface area contributed by atoms with Crippen molar-refractivity contribution in [3.63, 3.8) is 0 Å². The van der Waals surface area contributed by atoms with E-state index in [4.69, 9.17) is 9.84 Å². The van der Waals surface area contributed by atoms with Gasteiger partial charge >= 0.3 is 12.1 Å². The SMILES string of the molecule is C[C@@H](CC(=O)O)NC(=O)C1C[C@H]2C[C@@H](NC(=O)OCC3c4ccccc4-c4ccccc43)[C@H]2C1. The maximum Gasteiger partial charge on any atom is 0.407 e. The van der Waals surface area contributed by atoms with Crippen LogP contribution in [0.15, 0.2) is 48.5 Å². The Labute approximate surface area is 198 Å². The number of hydrogen-bond acceptors (Lipinski definition) is 4. The topological polar surface area (TPSA) is 105 Å². The lowest BCUT2D eigenvalue weighted by molar-refractivity contribution is -0.137. The molecule has 0 radical (unpaired) electrons. The molecule has 3 N–H and O–H groups in total. The summed E-state index contributed by atoms with van der Waals surface area (Å²) in [5.41, 5.74) is 4.76. The molecule has 5 atom stereocenters. The highest BCUT2D eigenvalue weighted by atomic mass is 16.5. The first-order valence-corrected chi connectivity index (χ1v) is 12.0. The Bertz CT molecular complexity index is 1070. The minimum atomic E-state index is -0.924. The molecule has 0 aliphatic heterocycles. The second-order valence-electron chi connectivity index (χ2n) is 9.91. The number of ether oxygens (including phenoxy) is 1. The zero-order valence-corrected chi connectivity index (χ0v) is 19.2. The smallest absolute Gasteiger partial charge is 0.407 e. The van der Waals surface area contributed by atoms with Crippen molar-refractivity contribution >= 4 is 18.0 Å². The van der Waals surface area contributed by atoms with E-state index in [0.29, 0.717) is 12.3 Å². The van der Waals surface area contributed by atoms with Crippen LogP contribution >= 0.6 is 0 Å². The van der Waals surface area contributed by atoms with E-state index in [0.717, 1.165) is 12.8 Å². The first-order chi connectivity index (χ1) is 16.4. The van der Waals surface area contributed by atoms with Crippen LogP contribution in [-0.4, -0.2) is 41.8 Å². The summed E-state index contributed by atoms with van der Waals surface area (Å²) in [6, 6.07) is 16.1. The molecule has 34 heavy (non-hydrogen) atoms. The molecule has 2 saturated carbocycles. The fourth-order valence-electron chi connectivity index (χ4n) is 6.07. The van der Waals surface area contributed by atoms with E-state index in [1.807, 2.05) is 24.3 Å². The van der Waals surface area contributed by atoms with Crippen LogP contribution in [0.25, 0.3) is 11.1 Å². The molecule has 2 aromatic rings. The van der Waals surface area contributed by atoms with E-state index in [9.17, 15) is 14.4 Å². The fraction of sp³-hybridized carbons (Fsp3) is 0.444. The first kappa shape index (κ1) is 22.4. The normalized spacial score (nSPS) is 25.3. The Balaban J connectivity index is 1.13. The molecule has 3 aliphatic rings. The number of carbonyl (C=O) groups is 3. The zero-order chi connectivity index (χ0) is 23.8. The Kier molecular flexibility index (Phi) is 6.02. The molecule has 0 bridgehead atoms. The highest BCUT2D eigenvalue weighted by molar-refractivity contribution is 5.80. The van der Waals surface area contributed by atoms with Crippen molar-refractivity contribution in [2.75, 3.05) is 6.61 Å². The highest BCUT2D eigenvalue weighted by Crippen LogP contribution is 2.50. The summed E-state index contributed by atoms with van der Waals surface area (Å²) in [6.45, 7) is 1.99. The second-order valence-corrected chi connectivity index (χ2v) is 9.91. The van der Waals surface area contributed by atoms with Crippen LogP contribution in [0.2, 0.25) is 0 Å². The van der Waals surface area contributed by atoms with Gasteiger partial charge < -0.3 is 20.5 Å². The molecule has 0 aromatic heterocycles. The number of fused-ring (bicyclic) bond motifs is 4. The van der Waals surface area contributed by atoms with Gasteiger partial charge in [0.05, 0.1) is 6.42 Å². The fourth-order valence-corrected chi connectivity index (χ4v) is 6.07. The van der Waals surface area contributed by atoms with Gasteiger partial charge in [-0.1, -0.05) is 48.5 Å². The number of aliphatic carboxylic acids is 1. The molecule has 0 spiro atoms. The second kappa shape index (κ2) is 9.12. The lowest BCUT2D eigenvalue weighted by Crippen LogP contribution is -2.50. The minimum absolute atomic E-state index is 0.0230. The molecule has 2 fully saturated rings. The molecule has 5 rings (SSSR count). The third-order valence-electron chi connectivity index (χ3n) is 7.71. The van der Waals surface area contributed by atoms with E-state index >= 15 is 0 Å². The monoisotopic (exact) mass is 462 g/mol. The average Bonchev–Trinajstić information content (AvgIpc) is 3.31. The van der Waals surface area contributed by atoms with Gasteiger partial charge in [0.2, 0.25) is 5.91 Å². The minimum Gasteiger partial charge on any atom is -0.481 e. The molecule has 0 saturated heterocycles. The number of amides is 2. The number of carbonyl (C=O) groups excluding carboxylic acids is 2. The Morgan fingerprint density at radius 3 is 2.29 bits per heavy atom. The van der Waals surface area contributed by atoms with Crippen LogP contribution in [0.5, 0.6) is 0 Å². The van der Waals surface area contributed by atoms with Gasteiger partial charge in [-0.25, -0.2) is 4.79 Å². The van der Waals surface area contributed by atoms with Crippen molar-refractivity contribution < 1.29 is 24.2 Å². The van der Waals surface area contributed by atoms with E-state index < -0.39 is 18.1 Å². The lowest BCUT2D eigenvalue weighted by atomic mass is 9.71. The van der Waals surface area contributed by atoms with Gasteiger partial charge in [0, 0.05) is 23.9 Å². The predicted molar refractivity (Wildman–Crippen MR) is 126 cm³/mol. The molecule has 7 nitrogen and oxygen atoms in total. The summed E-state index contributed by atoms with van der Waals surface area (Å²) in [4.78, 5) is 36.0. The Hall–Kier alpha value is -3.35. The van der Waals surface area contributed by atoms with Crippen molar-refractivity contribution in [2.24, 2.45) is 17.8 Å². The summed E-state index contributed by atoms with van der Waals surface area (Å²) in [6.07, 6.45) is 1.86. The van der Waals surface area contributed by atoms with Gasteiger partial charge in [0.1, 0.15) is 6.61 Å². The van der Waals surface area contributed by atoms with Crippen LogP contribution in [0.3, 0.4) is 0 Å². The van der Waals surface area contributed by atoms with Crippen molar-refractivity contribution in [3.05, 3.63) is 59.7 Å². The van der Waals surface area contributed by atoms with E-state index in [1.165, 1.54) is 22.3 Å². The third-order valence-corrected chi connectivity index (χ3v) is 7.71. The Morgan fingerprint density at radius 2 is 1.65 bits per heavy atom. The number of carboxylic acids is 1. The largest absolute Gasteiger partial charge is 0.481 e. The molecule has 3 aliphatic carbocycles. The summed E-state index contributed by atoms with van der Waals surface area (Å²) in [5, 5.41) is 14.7. The molecule has 0 heterocycles. The maximum atomic E-state index is 12.6. The summed E-state index contributed by atoms with van der Waals surface area (Å²) < 4.78 is 5.67. The first-order valence-electron chi connectivity index (χ1n) is 12.0. The predicted octanol–water partition coefficient (Wildman–Crippen LogP) is 3.92. The molecular formula is C27H30N2O5. The maximum absolute atomic E-state index is 12.6. The average molecular weight is 463 g/mol. The molecule has 2 aromatic carbocycles. The zero-order valence-electron chi connectivity index (χ0n) is 19.2. The summed E-state index contributed by atoms with van der Waals surface area (Å²) >= 11 is 0. The number of rotatable bonds is 7. The van der Waals surface area contributed by atoms with E-state index in [2.05, 4.69) is 34.9 Å². The van der Waals surface area contributed by atoms with Crippen LogP contribution in [0.4, 0.5) is 4.79 Å². The van der Waals surface area contributed by atoms with Crippen LogP contribution in [0, 0.1) is 17.8 Å². The van der Waals surface area contributed by atoms with E-state index in [1.54, 1.807) is 6.92 Å². The Morgan fingerprint density at radius 1 is 1.00 bits per heavy atom. The van der Waals surface area contributed by atoms with Gasteiger partial charge in [-0.3, -0.25) is 9.59 Å². The quantitative estimate of drug-likeness (QED) is 0.579. The number of alkyl carbamates (subject to hydrolysis) is 1. The van der Waals surface area contributed by atoms with Crippen molar-refractivity contribution in [1.82, 2.24) is 10.6 Å². The van der Waals surface area contributed by atoms with Crippen molar-refractivity contribution in [2.45, 2.75) is 50.6 Å². The number of hydrogen-bond donors (Lipinski definition) is 3. The van der Waals surface area contributed by atoms with E-state index in [-0.39, 0.29) is 42.7 Å². The number of benzene rings is 2. The lowest BCUT2D eigenvalue weighted by Gasteiger charge is -2.40.